The summed E-state index contributed by atoms with van der Waals surface area (Å²) >= 11 is 0. The van der Waals surface area contributed by atoms with Crippen LogP contribution in [0.4, 0.5) is 8.78 Å². The molecule has 112 valence electrons. The number of likely N-dealkylation sites (N-methyl/N-ethyl adjacent to an activating group) is 1. The summed E-state index contributed by atoms with van der Waals surface area (Å²) in [6.45, 7) is 3.22. The summed E-state index contributed by atoms with van der Waals surface area (Å²) in [7, 11) is 1.92. The Labute approximate surface area is 124 Å². The zero-order valence-electron chi connectivity index (χ0n) is 12.3. The summed E-state index contributed by atoms with van der Waals surface area (Å²) in [5.74, 6) is -1.71. The minimum atomic E-state index is -0.857. The maximum atomic E-state index is 13.7. The molecule has 0 radical (unpaired) electrons. The monoisotopic (exact) mass is 290 g/mol. The third-order valence-corrected chi connectivity index (χ3v) is 3.59. The van der Waals surface area contributed by atoms with Crippen LogP contribution < -0.4 is 5.73 Å². The number of nitrogens with two attached hydrogens (primary N) is 1. The molecule has 2 N–H and O–H groups in total. The van der Waals surface area contributed by atoms with Crippen LogP contribution in [0.1, 0.15) is 22.7 Å². The predicted molar refractivity (Wildman–Crippen MR) is 80.8 cm³/mol. The molecule has 0 amide bonds. The lowest BCUT2D eigenvalue weighted by atomic mass is 10.1. The standard InChI is InChI=1S/C17H20F2N2/c1-12-6-3-4-7-13(12)10-21(2)11-16(20)14-8-5-9-15(18)17(14)19/h3-9,16H,10-11,20H2,1-2H3. The Bertz CT molecular complexity index is 613. The summed E-state index contributed by atoms with van der Waals surface area (Å²) in [4.78, 5) is 2.01. The second-order valence-electron chi connectivity index (χ2n) is 5.37. The summed E-state index contributed by atoms with van der Waals surface area (Å²) in [6, 6.07) is 11.6. The molecule has 2 rings (SSSR count). The average molecular weight is 290 g/mol. The third kappa shape index (κ3) is 3.86. The summed E-state index contributed by atoms with van der Waals surface area (Å²) in [5.41, 5.74) is 8.63. The van der Waals surface area contributed by atoms with E-state index in [1.165, 1.54) is 23.3 Å². The lowest BCUT2D eigenvalue weighted by Gasteiger charge is -2.22. The number of halogens is 2. The molecule has 0 aliphatic carbocycles. The Morgan fingerprint density at radius 2 is 1.81 bits per heavy atom. The van der Waals surface area contributed by atoms with Crippen molar-refractivity contribution in [1.82, 2.24) is 4.90 Å². The van der Waals surface area contributed by atoms with Crippen LogP contribution in [-0.4, -0.2) is 18.5 Å². The first-order chi connectivity index (χ1) is 9.99. The van der Waals surface area contributed by atoms with Gasteiger partial charge < -0.3 is 10.6 Å². The van der Waals surface area contributed by atoms with E-state index >= 15 is 0 Å². The highest BCUT2D eigenvalue weighted by atomic mass is 19.2. The zero-order chi connectivity index (χ0) is 15.4. The van der Waals surface area contributed by atoms with Gasteiger partial charge in [-0.25, -0.2) is 8.78 Å². The van der Waals surface area contributed by atoms with Gasteiger partial charge in [-0.2, -0.15) is 0 Å². The van der Waals surface area contributed by atoms with Gasteiger partial charge in [-0.3, -0.25) is 0 Å². The van der Waals surface area contributed by atoms with E-state index in [2.05, 4.69) is 19.1 Å². The molecule has 0 heterocycles. The predicted octanol–water partition coefficient (Wildman–Crippen LogP) is 3.41. The molecule has 2 aromatic rings. The fourth-order valence-corrected chi connectivity index (χ4v) is 2.38. The summed E-state index contributed by atoms with van der Waals surface area (Å²) in [6.07, 6.45) is 0. The molecule has 0 spiro atoms. The van der Waals surface area contributed by atoms with Gasteiger partial charge in [0.1, 0.15) is 0 Å². The van der Waals surface area contributed by atoms with Crippen molar-refractivity contribution in [2.45, 2.75) is 19.5 Å². The van der Waals surface area contributed by atoms with Crippen molar-refractivity contribution < 1.29 is 8.78 Å². The highest BCUT2D eigenvalue weighted by Gasteiger charge is 2.16. The van der Waals surface area contributed by atoms with Gasteiger partial charge in [-0.05, 0) is 31.2 Å². The molecule has 0 saturated heterocycles. The van der Waals surface area contributed by atoms with E-state index in [0.29, 0.717) is 6.54 Å². The van der Waals surface area contributed by atoms with E-state index in [-0.39, 0.29) is 5.56 Å². The van der Waals surface area contributed by atoms with Gasteiger partial charge in [0.05, 0.1) is 0 Å². The first-order valence-electron chi connectivity index (χ1n) is 6.91. The van der Waals surface area contributed by atoms with Crippen LogP contribution in [0, 0.1) is 18.6 Å². The topological polar surface area (TPSA) is 29.3 Å². The fourth-order valence-electron chi connectivity index (χ4n) is 2.38. The van der Waals surface area contributed by atoms with Crippen molar-refractivity contribution in [1.29, 1.82) is 0 Å². The fraction of sp³-hybridized carbons (Fsp3) is 0.294. The Morgan fingerprint density at radius 3 is 2.52 bits per heavy atom. The molecule has 2 aromatic carbocycles. The van der Waals surface area contributed by atoms with Crippen molar-refractivity contribution in [3.8, 4) is 0 Å². The molecule has 0 bridgehead atoms. The number of hydrogen-bond donors (Lipinski definition) is 1. The van der Waals surface area contributed by atoms with E-state index in [9.17, 15) is 8.78 Å². The zero-order valence-corrected chi connectivity index (χ0v) is 12.3. The van der Waals surface area contributed by atoms with Gasteiger partial charge in [-0.1, -0.05) is 36.4 Å². The smallest absolute Gasteiger partial charge is 0.163 e. The van der Waals surface area contributed by atoms with Crippen LogP contribution in [0.3, 0.4) is 0 Å². The molecule has 4 heteroatoms. The van der Waals surface area contributed by atoms with Crippen LogP contribution in [0.5, 0.6) is 0 Å². The van der Waals surface area contributed by atoms with Crippen LogP contribution >= 0.6 is 0 Å². The Balaban J connectivity index is 2.04. The van der Waals surface area contributed by atoms with Crippen molar-refractivity contribution in [2.75, 3.05) is 13.6 Å². The minimum Gasteiger partial charge on any atom is -0.323 e. The largest absolute Gasteiger partial charge is 0.323 e. The maximum absolute atomic E-state index is 13.7. The molecule has 0 fully saturated rings. The molecule has 0 aromatic heterocycles. The van der Waals surface area contributed by atoms with Crippen LogP contribution in [0.15, 0.2) is 42.5 Å². The maximum Gasteiger partial charge on any atom is 0.163 e. The van der Waals surface area contributed by atoms with Gasteiger partial charge in [0.15, 0.2) is 11.6 Å². The number of nitrogens with zero attached hydrogens (tertiary/aromatic N) is 1. The van der Waals surface area contributed by atoms with E-state index in [1.54, 1.807) is 0 Å². The summed E-state index contributed by atoms with van der Waals surface area (Å²) < 4.78 is 27.0. The van der Waals surface area contributed by atoms with E-state index < -0.39 is 17.7 Å². The quantitative estimate of drug-likeness (QED) is 0.914. The Kier molecular flexibility index (Phi) is 5.04. The molecular weight excluding hydrogens is 270 g/mol. The Morgan fingerprint density at radius 1 is 1.10 bits per heavy atom. The highest BCUT2D eigenvalue weighted by molar-refractivity contribution is 5.26. The number of rotatable bonds is 5. The lowest BCUT2D eigenvalue weighted by molar-refractivity contribution is 0.301. The number of benzene rings is 2. The van der Waals surface area contributed by atoms with Crippen molar-refractivity contribution in [3.63, 3.8) is 0 Å². The Hall–Kier alpha value is -1.78. The van der Waals surface area contributed by atoms with E-state index in [0.717, 1.165) is 12.6 Å². The third-order valence-electron chi connectivity index (χ3n) is 3.59. The highest BCUT2D eigenvalue weighted by Crippen LogP contribution is 2.19. The van der Waals surface area contributed by atoms with Gasteiger partial charge in [0.25, 0.3) is 0 Å². The van der Waals surface area contributed by atoms with Crippen LogP contribution in [0.2, 0.25) is 0 Å². The lowest BCUT2D eigenvalue weighted by Crippen LogP contribution is -2.29. The van der Waals surface area contributed by atoms with Gasteiger partial charge in [-0.15, -0.1) is 0 Å². The molecule has 0 aliphatic heterocycles. The molecule has 2 nitrogen and oxygen atoms in total. The number of aryl methyl sites for hydroxylation is 1. The average Bonchev–Trinajstić information content (AvgIpc) is 2.44. The normalized spacial score (nSPS) is 12.7. The van der Waals surface area contributed by atoms with Crippen molar-refractivity contribution in [2.24, 2.45) is 5.73 Å². The van der Waals surface area contributed by atoms with E-state index in [4.69, 9.17) is 5.73 Å². The van der Waals surface area contributed by atoms with Gasteiger partial charge >= 0.3 is 0 Å². The molecule has 1 atom stereocenters. The van der Waals surface area contributed by atoms with Crippen molar-refractivity contribution >= 4 is 0 Å². The summed E-state index contributed by atoms with van der Waals surface area (Å²) in [5, 5.41) is 0. The second-order valence-corrected chi connectivity index (χ2v) is 5.37. The molecular formula is C17H20F2N2. The molecule has 1 unspecified atom stereocenters. The van der Waals surface area contributed by atoms with Crippen LogP contribution in [0.25, 0.3) is 0 Å². The first kappa shape index (κ1) is 15.6. The van der Waals surface area contributed by atoms with E-state index in [1.807, 2.05) is 24.1 Å². The van der Waals surface area contributed by atoms with Gasteiger partial charge in [0.2, 0.25) is 0 Å². The minimum absolute atomic E-state index is 0.214. The van der Waals surface area contributed by atoms with Crippen molar-refractivity contribution in [3.05, 3.63) is 70.8 Å². The van der Waals surface area contributed by atoms with Crippen LogP contribution in [-0.2, 0) is 6.54 Å². The van der Waals surface area contributed by atoms with Gasteiger partial charge in [0, 0.05) is 24.7 Å². The second kappa shape index (κ2) is 6.78. The SMILES string of the molecule is Cc1ccccc1CN(C)CC(N)c1cccc(F)c1F. The molecule has 21 heavy (non-hydrogen) atoms. The molecule has 0 aliphatic rings. The molecule has 0 saturated carbocycles. The number of hydrogen-bond acceptors (Lipinski definition) is 2. The first-order valence-corrected chi connectivity index (χ1v) is 6.91.